The van der Waals surface area contributed by atoms with E-state index < -0.39 is 0 Å². The van der Waals surface area contributed by atoms with Crippen LogP contribution in [0.5, 0.6) is 5.75 Å². The van der Waals surface area contributed by atoms with Crippen LogP contribution in [-0.4, -0.2) is 18.6 Å². The summed E-state index contributed by atoms with van der Waals surface area (Å²) in [6.45, 7) is 0.509. The van der Waals surface area contributed by atoms with E-state index in [1.165, 1.54) is 25.7 Å². The maximum atomic E-state index is 12.4. The molecule has 1 aliphatic heterocycles. The van der Waals surface area contributed by atoms with Crippen LogP contribution in [0.4, 0.5) is 0 Å². The minimum atomic E-state index is -0.0341. The second-order valence-corrected chi connectivity index (χ2v) is 6.02. The lowest BCUT2D eigenvalue weighted by Gasteiger charge is -2.26. The van der Waals surface area contributed by atoms with Gasteiger partial charge in [-0.15, -0.1) is 0 Å². The third-order valence-corrected chi connectivity index (χ3v) is 4.45. The summed E-state index contributed by atoms with van der Waals surface area (Å²) in [5.74, 6) is 1.07. The van der Waals surface area contributed by atoms with Crippen LogP contribution < -0.4 is 10.1 Å². The molecule has 1 heterocycles. The lowest BCUT2D eigenvalue weighted by Crippen LogP contribution is -2.42. The van der Waals surface area contributed by atoms with E-state index in [2.05, 4.69) is 11.4 Å². The number of amides is 1. The Morgan fingerprint density at radius 1 is 1.10 bits per heavy atom. The molecule has 0 spiro atoms. The number of hydrogen-bond donors (Lipinski definition) is 1. The Balaban J connectivity index is 1.58. The Kier molecular flexibility index (Phi) is 4.24. The first-order valence-corrected chi connectivity index (χ1v) is 7.84. The highest BCUT2D eigenvalue weighted by atomic mass is 16.5. The first-order chi connectivity index (χ1) is 9.83. The van der Waals surface area contributed by atoms with Crippen LogP contribution in [0.1, 0.15) is 44.1 Å². The van der Waals surface area contributed by atoms with Crippen molar-refractivity contribution in [3.63, 3.8) is 0 Å². The molecule has 20 heavy (non-hydrogen) atoms. The quantitative estimate of drug-likeness (QED) is 0.841. The monoisotopic (exact) mass is 273 g/mol. The van der Waals surface area contributed by atoms with Gasteiger partial charge in [-0.25, -0.2) is 0 Å². The summed E-state index contributed by atoms with van der Waals surface area (Å²) in [6, 6.07) is 8.40. The maximum absolute atomic E-state index is 12.4. The van der Waals surface area contributed by atoms with Gasteiger partial charge in [0.15, 0.2) is 0 Å². The molecular weight excluding hydrogens is 250 g/mol. The van der Waals surface area contributed by atoms with E-state index in [0.717, 1.165) is 30.6 Å². The molecule has 1 aromatic carbocycles. The zero-order chi connectivity index (χ0) is 13.8. The van der Waals surface area contributed by atoms with E-state index >= 15 is 0 Å². The molecule has 1 N–H and O–H groups in total. The van der Waals surface area contributed by atoms with Gasteiger partial charge in [0.1, 0.15) is 12.4 Å². The molecule has 2 aliphatic rings. The van der Waals surface area contributed by atoms with Crippen molar-refractivity contribution in [2.24, 2.45) is 5.92 Å². The number of carbonyl (C=O) groups is 1. The molecule has 1 aromatic rings. The second-order valence-electron chi connectivity index (χ2n) is 6.02. The van der Waals surface area contributed by atoms with Gasteiger partial charge in [0.05, 0.1) is 5.92 Å². The average Bonchev–Trinajstić information content (AvgIpc) is 2.75. The smallest absolute Gasteiger partial charge is 0.227 e. The van der Waals surface area contributed by atoms with Gasteiger partial charge in [-0.1, -0.05) is 43.9 Å². The van der Waals surface area contributed by atoms with E-state index in [0.29, 0.717) is 12.6 Å². The van der Waals surface area contributed by atoms with Crippen molar-refractivity contribution in [3.8, 4) is 5.75 Å². The summed E-state index contributed by atoms with van der Waals surface area (Å²) in [5.41, 5.74) is 1.15. The van der Waals surface area contributed by atoms with Crippen molar-refractivity contribution in [2.75, 3.05) is 6.61 Å². The number of rotatable bonds is 2. The standard InChI is InChI=1S/C17H23NO2/c19-17(18-15-8-3-1-2-4-9-15)14-11-13-7-5-6-10-16(13)20-12-14/h5-7,10,14-15H,1-4,8-9,11-12H2,(H,18,19)/t14-/m1/s1. The van der Waals surface area contributed by atoms with Crippen molar-refractivity contribution in [1.29, 1.82) is 0 Å². The van der Waals surface area contributed by atoms with Gasteiger partial charge in [0.25, 0.3) is 0 Å². The average molecular weight is 273 g/mol. The Bertz CT molecular complexity index is 464. The predicted octanol–water partition coefficient (Wildman–Crippen LogP) is 3.08. The highest BCUT2D eigenvalue weighted by Gasteiger charge is 2.27. The van der Waals surface area contributed by atoms with Crippen molar-refractivity contribution in [1.82, 2.24) is 5.32 Å². The number of fused-ring (bicyclic) bond motifs is 1. The van der Waals surface area contributed by atoms with Crippen LogP contribution in [0.15, 0.2) is 24.3 Å². The summed E-state index contributed by atoms with van der Waals surface area (Å²) < 4.78 is 5.71. The van der Waals surface area contributed by atoms with Crippen LogP contribution in [0.3, 0.4) is 0 Å². The molecule has 3 rings (SSSR count). The number of benzene rings is 1. The van der Waals surface area contributed by atoms with Crippen molar-refractivity contribution >= 4 is 5.91 Å². The van der Waals surface area contributed by atoms with Crippen LogP contribution in [0.25, 0.3) is 0 Å². The topological polar surface area (TPSA) is 38.3 Å². The molecule has 1 saturated carbocycles. The van der Waals surface area contributed by atoms with Crippen molar-refractivity contribution in [2.45, 2.75) is 51.0 Å². The fourth-order valence-electron chi connectivity index (χ4n) is 3.24. The summed E-state index contributed by atoms with van der Waals surface area (Å²) >= 11 is 0. The zero-order valence-corrected chi connectivity index (χ0v) is 11.9. The van der Waals surface area contributed by atoms with E-state index in [1.807, 2.05) is 18.2 Å². The molecule has 0 saturated heterocycles. The first-order valence-electron chi connectivity index (χ1n) is 7.84. The number of hydrogen-bond acceptors (Lipinski definition) is 2. The van der Waals surface area contributed by atoms with Gasteiger partial charge in [0.2, 0.25) is 5.91 Å². The van der Waals surface area contributed by atoms with Crippen LogP contribution in [0.2, 0.25) is 0 Å². The van der Waals surface area contributed by atoms with Gasteiger partial charge < -0.3 is 10.1 Å². The third-order valence-electron chi connectivity index (χ3n) is 4.45. The summed E-state index contributed by atoms with van der Waals surface area (Å²) in [7, 11) is 0. The lowest BCUT2D eigenvalue weighted by atomic mass is 9.95. The molecule has 108 valence electrons. The van der Waals surface area contributed by atoms with E-state index in [9.17, 15) is 4.79 Å². The number of ether oxygens (including phenoxy) is 1. The molecule has 1 aliphatic carbocycles. The molecule has 1 atom stereocenters. The van der Waals surface area contributed by atoms with E-state index in [1.54, 1.807) is 0 Å². The van der Waals surface area contributed by atoms with Gasteiger partial charge in [0, 0.05) is 6.04 Å². The number of nitrogens with one attached hydrogen (secondary N) is 1. The lowest BCUT2D eigenvalue weighted by molar-refractivity contribution is -0.127. The molecule has 3 heteroatoms. The second kappa shape index (κ2) is 6.29. The largest absolute Gasteiger partial charge is 0.492 e. The molecule has 3 nitrogen and oxygen atoms in total. The Labute approximate surface area is 120 Å². The molecule has 0 aromatic heterocycles. The number of para-hydroxylation sites is 1. The van der Waals surface area contributed by atoms with Gasteiger partial charge >= 0.3 is 0 Å². The summed E-state index contributed by atoms with van der Waals surface area (Å²) in [4.78, 5) is 12.4. The molecule has 0 radical (unpaired) electrons. The zero-order valence-electron chi connectivity index (χ0n) is 11.9. The van der Waals surface area contributed by atoms with E-state index in [4.69, 9.17) is 4.74 Å². The summed E-state index contributed by atoms with van der Waals surface area (Å²) in [5, 5.41) is 3.24. The molecule has 0 unspecified atom stereocenters. The van der Waals surface area contributed by atoms with Gasteiger partial charge in [-0.3, -0.25) is 4.79 Å². The normalized spacial score (nSPS) is 23.3. The molecule has 0 bridgehead atoms. The summed E-state index contributed by atoms with van der Waals surface area (Å²) in [6.07, 6.45) is 8.18. The van der Waals surface area contributed by atoms with E-state index in [-0.39, 0.29) is 11.8 Å². The van der Waals surface area contributed by atoms with Gasteiger partial charge in [-0.05, 0) is 30.9 Å². The minimum absolute atomic E-state index is 0.0341. The van der Waals surface area contributed by atoms with Gasteiger partial charge in [-0.2, -0.15) is 0 Å². The third kappa shape index (κ3) is 3.14. The Hall–Kier alpha value is -1.51. The molecular formula is C17H23NO2. The predicted molar refractivity (Wildman–Crippen MR) is 78.8 cm³/mol. The van der Waals surface area contributed by atoms with Crippen molar-refractivity contribution < 1.29 is 9.53 Å². The number of carbonyl (C=O) groups excluding carboxylic acids is 1. The molecule has 1 fully saturated rings. The SMILES string of the molecule is O=C(NC1CCCCCC1)[C@H]1COc2ccccc2C1. The fourth-order valence-corrected chi connectivity index (χ4v) is 3.24. The Morgan fingerprint density at radius 3 is 2.65 bits per heavy atom. The fraction of sp³-hybridized carbons (Fsp3) is 0.588. The highest BCUT2D eigenvalue weighted by molar-refractivity contribution is 5.79. The maximum Gasteiger partial charge on any atom is 0.227 e. The molecule has 1 amide bonds. The van der Waals surface area contributed by atoms with Crippen LogP contribution in [0, 0.1) is 5.92 Å². The Morgan fingerprint density at radius 2 is 1.85 bits per heavy atom. The minimum Gasteiger partial charge on any atom is -0.492 e. The first kappa shape index (κ1) is 13.5. The van der Waals surface area contributed by atoms with Crippen LogP contribution >= 0.6 is 0 Å². The van der Waals surface area contributed by atoms with Crippen molar-refractivity contribution in [3.05, 3.63) is 29.8 Å². The highest BCUT2D eigenvalue weighted by Crippen LogP contribution is 2.27. The van der Waals surface area contributed by atoms with Crippen LogP contribution in [-0.2, 0) is 11.2 Å².